The molecule has 0 saturated heterocycles. The number of alkyl halides is 1. The second kappa shape index (κ2) is 13.3. The highest BCUT2D eigenvalue weighted by atomic mass is 79.9. The maximum atomic E-state index is 10.1. The van der Waals surface area contributed by atoms with Crippen LogP contribution in [0.4, 0.5) is 0 Å². The van der Waals surface area contributed by atoms with Crippen molar-refractivity contribution < 1.29 is 14.3 Å². The molecule has 26 heavy (non-hydrogen) atoms. The van der Waals surface area contributed by atoms with Gasteiger partial charge in [0.15, 0.2) is 5.65 Å². The van der Waals surface area contributed by atoms with E-state index in [1.54, 1.807) is 16.4 Å². The van der Waals surface area contributed by atoms with E-state index < -0.39 is 0 Å². The van der Waals surface area contributed by atoms with Gasteiger partial charge in [0.05, 0.1) is 26.7 Å². The van der Waals surface area contributed by atoms with Gasteiger partial charge in [-0.05, 0) is 17.5 Å². The summed E-state index contributed by atoms with van der Waals surface area (Å²) in [5, 5.41) is 10.5. The standard InChI is InChI=1S/C12H17BrN4OS.C4H8O2S/c1-9(2)10-7-11-14-8-15-17(11)16-12(10)19-6-5-18-4-3-13;1-6-4(5)2-3-7/h7-9H,3-6H2,1-2H3;7H,2-3H2,1H3. The molecular weight excluding hydrogens is 440 g/mol. The van der Waals surface area contributed by atoms with Gasteiger partial charge in [0.2, 0.25) is 0 Å². The van der Waals surface area contributed by atoms with Gasteiger partial charge in [-0.15, -0.1) is 26.6 Å². The topological polar surface area (TPSA) is 78.6 Å². The van der Waals surface area contributed by atoms with Crippen molar-refractivity contribution in [2.45, 2.75) is 31.2 Å². The number of thioether (sulfide) groups is 1. The van der Waals surface area contributed by atoms with E-state index in [1.807, 2.05) is 0 Å². The molecule has 0 aliphatic carbocycles. The number of fused-ring (bicyclic) bond motifs is 1. The molecule has 0 aliphatic rings. The zero-order chi connectivity index (χ0) is 19.4. The number of thiol groups is 1. The molecule has 0 aromatic carbocycles. The number of methoxy groups -OCH3 is 1. The average Bonchev–Trinajstić information content (AvgIpc) is 3.08. The lowest BCUT2D eigenvalue weighted by Gasteiger charge is -2.11. The van der Waals surface area contributed by atoms with Gasteiger partial charge in [-0.2, -0.15) is 12.6 Å². The first-order chi connectivity index (χ1) is 12.5. The molecule has 0 radical (unpaired) electrons. The van der Waals surface area contributed by atoms with Crippen LogP contribution in [0.2, 0.25) is 0 Å². The van der Waals surface area contributed by atoms with Crippen molar-refractivity contribution in [2.75, 3.05) is 37.2 Å². The van der Waals surface area contributed by atoms with Crippen LogP contribution < -0.4 is 0 Å². The zero-order valence-electron chi connectivity index (χ0n) is 15.2. The molecule has 0 spiro atoms. The molecule has 0 amide bonds. The van der Waals surface area contributed by atoms with E-state index in [-0.39, 0.29) is 5.97 Å². The molecule has 10 heteroatoms. The number of ether oxygens (including phenoxy) is 2. The first-order valence-electron chi connectivity index (χ1n) is 8.18. The van der Waals surface area contributed by atoms with Crippen LogP contribution >= 0.6 is 40.3 Å². The highest BCUT2D eigenvalue weighted by Gasteiger charge is 2.12. The summed E-state index contributed by atoms with van der Waals surface area (Å²) in [4.78, 5) is 14.3. The Kier molecular flexibility index (Phi) is 11.9. The van der Waals surface area contributed by atoms with E-state index in [0.717, 1.165) is 35.0 Å². The molecular formula is C16H25BrN4O3S2. The summed E-state index contributed by atoms with van der Waals surface area (Å²) in [6.45, 7) is 5.79. The Bertz CT molecular complexity index is 670. The second-order valence-electron chi connectivity index (χ2n) is 5.37. The van der Waals surface area contributed by atoms with Gasteiger partial charge in [-0.25, -0.2) is 4.98 Å². The van der Waals surface area contributed by atoms with Crippen molar-refractivity contribution in [3.05, 3.63) is 18.0 Å². The van der Waals surface area contributed by atoms with E-state index >= 15 is 0 Å². The van der Waals surface area contributed by atoms with Crippen molar-refractivity contribution in [3.63, 3.8) is 0 Å². The fraction of sp³-hybridized carbons (Fsp3) is 0.625. The Morgan fingerprint density at radius 1 is 1.42 bits per heavy atom. The lowest BCUT2D eigenvalue weighted by atomic mass is 10.1. The third-order valence-corrected chi connectivity index (χ3v) is 4.64. The van der Waals surface area contributed by atoms with E-state index in [1.165, 1.54) is 19.0 Å². The molecule has 0 fully saturated rings. The third kappa shape index (κ3) is 8.24. The van der Waals surface area contributed by atoms with Crippen LogP contribution in [0.25, 0.3) is 5.65 Å². The maximum Gasteiger partial charge on any atom is 0.306 e. The molecule has 7 nitrogen and oxygen atoms in total. The van der Waals surface area contributed by atoms with Gasteiger partial charge in [0, 0.05) is 16.8 Å². The Morgan fingerprint density at radius 2 is 2.19 bits per heavy atom. The van der Waals surface area contributed by atoms with Gasteiger partial charge < -0.3 is 9.47 Å². The summed E-state index contributed by atoms with van der Waals surface area (Å²) in [5.74, 6) is 1.67. The number of carbonyl (C=O) groups is 1. The van der Waals surface area contributed by atoms with Gasteiger partial charge in [-0.3, -0.25) is 4.79 Å². The number of carbonyl (C=O) groups excluding carboxylic acids is 1. The van der Waals surface area contributed by atoms with Crippen molar-refractivity contribution in [1.29, 1.82) is 0 Å². The quantitative estimate of drug-likeness (QED) is 0.200. The molecule has 2 aromatic rings. The van der Waals surface area contributed by atoms with Crippen LogP contribution in [0.5, 0.6) is 0 Å². The predicted molar refractivity (Wildman–Crippen MR) is 111 cm³/mol. The smallest absolute Gasteiger partial charge is 0.306 e. The van der Waals surface area contributed by atoms with Crippen molar-refractivity contribution in [1.82, 2.24) is 19.8 Å². The van der Waals surface area contributed by atoms with Gasteiger partial charge in [0.1, 0.15) is 11.4 Å². The maximum absolute atomic E-state index is 10.1. The Hall–Kier alpha value is -0.840. The van der Waals surface area contributed by atoms with Crippen molar-refractivity contribution in [3.8, 4) is 0 Å². The van der Waals surface area contributed by atoms with E-state index in [0.29, 0.717) is 18.1 Å². The van der Waals surface area contributed by atoms with E-state index in [4.69, 9.17) is 4.74 Å². The SMILES string of the molecule is CC(C)c1cc2ncnn2nc1SCCOCCBr.COC(=O)CCS. The summed E-state index contributed by atoms with van der Waals surface area (Å²) >= 11 is 8.85. The number of aromatic nitrogens is 4. The summed E-state index contributed by atoms with van der Waals surface area (Å²) in [6, 6.07) is 2.06. The van der Waals surface area contributed by atoms with E-state index in [9.17, 15) is 4.79 Å². The predicted octanol–water partition coefficient (Wildman–Crippen LogP) is 3.23. The molecule has 2 aromatic heterocycles. The van der Waals surface area contributed by atoms with Crippen LogP contribution in [0.15, 0.2) is 17.4 Å². The second-order valence-corrected chi connectivity index (χ2v) is 7.69. The highest BCUT2D eigenvalue weighted by Crippen LogP contribution is 2.26. The number of hydrogen-bond donors (Lipinski definition) is 1. The fourth-order valence-corrected chi connectivity index (χ4v) is 3.24. The molecule has 146 valence electrons. The van der Waals surface area contributed by atoms with Crippen molar-refractivity contribution in [2.24, 2.45) is 0 Å². The molecule has 0 bridgehead atoms. The monoisotopic (exact) mass is 464 g/mol. The number of esters is 1. The van der Waals surface area contributed by atoms with Crippen molar-refractivity contribution >= 4 is 51.9 Å². The molecule has 0 aliphatic heterocycles. The van der Waals surface area contributed by atoms with E-state index in [2.05, 4.69) is 68.4 Å². The zero-order valence-corrected chi connectivity index (χ0v) is 18.5. The number of rotatable bonds is 9. The Morgan fingerprint density at radius 3 is 2.77 bits per heavy atom. The van der Waals surface area contributed by atoms with Crippen LogP contribution in [-0.4, -0.2) is 62.9 Å². The third-order valence-electron chi connectivity index (χ3n) is 3.13. The number of halogens is 1. The minimum atomic E-state index is -0.199. The summed E-state index contributed by atoms with van der Waals surface area (Å²) in [7, 11) is 1.37. The largest absolute Gasteiger partial charge is 0.469 e. The lowest BCUT2D eigenvalue weighted by Crippen LogP contribution is -2.04. The van der Waals surface area contributed by atoms with Gasteiger partial charge in [0.25, 0.3) is 0 Å². The van der Waals surface area contributed by atoms with Crippen LogP contribution in [0, 0.1) is 0 Å². The highest BCUT2D eigenvalue weighted by molar-refractivity contribution is 9.09. The van der Waals surface area contributed by atoms with Crippen LogP contribution in [0.3, 0.4) is 0 Å². The fourth-order valence-electron chi connectivity index (χ4n) is 1.83. The number of hydrogen-bond acceptors (Lipinski definition) is 8. The lowest BCUT2D eigenvalue weighted by molar-refractivity contribution is -0.140. The summed E-state index contributed by atoms with van der Waals surface area (Å²) in [5.41, 5.74) is 2.01. The van der Waals surface area contributed by atoms with Crippen LogP contribution in [-0.2, 0) is 14.3 Å². The Balaban J connectivity index is 0.000000412. The molecule has 0 unspecified atom stereocenters. The first kappa shape index (κ1) is 23.2. The van der Waals surface area contributed by atoms with Crippen LogP contribution in [0.1, 0.15) is 31.7 Å². The molecule has 0 atom stereocenters. The minimum absolute atomic E-state index is 0.199. The summed E-state index contributed by atoms with van der Waals surface area (Å²) in [6.07, 6.45) is 1.93. The summed E-state index contributed by atoms with van der Waals surface area (Å²) < 4.78 is 11.3. The molecule has 0 N–H and O–H groups in total. The van der Waals surface area contributed by atoms with Gasteiger partial charge in [-0.1, -0.05) is 29.8 Å². The average molecular weight is 465 g/mol. The molecule has 2 rings (SSSR count). The molecule has 0 saturated carbocycles. The first-order valence-corrected chi connectivity index (χ1v) is 10.9. The van der Waals surface area contributed by atoms with Gasteiger partial charge >= 0.3 is 5.97 Å². The number of nitrogens with zero attached hydrogens (tertiary/aromatic N) is 4. The molecule has 2 heterocycles. The Labute approximate surface area is 172 Å². The normalized spacial score (nSPS) is 10.7. The minimum Gasteiger partial charge on any atom is -0.469 e.